The Morgan fingerprint density at radius 1 is 1.43 bits per heavy atom. The maximum atomic E-state index is 12.0. The van der Waals surface area contributed by atoms with E-state index >= 15 is 0 Å². The molecule has 2 N–H and O–H groups in total. The first-order chi connectivity index (χ1) is 10.00. The summed E-state index contributed by atoms with van der Waals surface area (Å²) in [6.45, 7) is 1.88. The van der Waals surface area contributed by atoms with Gasteiger partial charge in [-0.1, -0.05) is 24.0 Å². The Morgan fingerprint density at radius 3 is 2.86 bits per heavy atom. The summed E-state index contributed by atoms with van der Waals surface area (Å²) < 4.78 is 26.7. The quantitative estimate of drug-likeness (QED) is 0.788. The second kappa shape index (κ2) is 7.08. The van der Waals surface area contributed by atoms with E-state index in [4.69, 9.17) is 5.11 Å². The van der Waals surface area contributed by atoms with Crippen molar-refractivity contribution >= 4 is 10.0 Å². The van der Waals surface area contributed by atoms with E-state index in [1.807, 2.05) is 31.2 Å². The third-order valence-corrected chi connectivity index (χ3v) is 4.99. The summed E-state index contributed by atoms with van der Waals surface area (Å²) in [7, 11) is -3.22. The molecule has 0 radical (unpaired) electrons. The first kappa shape index (κ1) is 16.0. The van der Waals surface area contributed by atoms with E-state index in [-0.39, 0.29) is 18.4 Å². The standard InChI is InChI=1S/C16H21NO3S/c1-13(17-21(19,20)12-15-8-9-15)16-7-4-6-14(11-16)5-2-3-10-18/h4,6-7,11,13,15,17-18H,3,8-10,12H2,1H3. The van der Waals surface area contributed by atoms with Crippen LogP contribution in [0.1, 0.15) is 43.4 Å². The zero-order chi connectivity index (χ0) is 15.3. The van der Waals surface area contributed by atoms with E-state index in [0.29, 0.717) is 12.3 Å². The van der Waals surface area contributed by atoms with Gasteiger partial charge in [0.15, 0.2) is 0 Å². The highest BCUT2D eigenvalue weighted by molar-refractivity contribution is 7.89. The second-order valence-electron chi connectivity index (χ2n) is 5.47. The van der Waals surface area contributed by atoms with Crippen molar-refractivity contribution < 1.29 is 13.5 Å². The molecule has 21 heavy (non-hydrogen) atoms. The Balaban J connectivity index is 2.03. The molecule has 0 heterocycles. The van der Waals surface area contributed by atoms with Crippen molar-refractivity contribution in [2.24, 2.45) is 5.92 Å². The van der Waals surface area contributed by atoms with E-state index in [1.165, 1.54) is 0 Å². The van der Waals surface area contributed by atoms with Crippen molar-refractivity contribution in [2.45, 2.75) is 32.2 Å². The number of aliphatic hydroxyl groups excluding tert-OH is 1. The van der Waals surface area contributed by atoms with Crippen LogP contribution in [0.15, 0.2) is 24.3 Å². The van der Waals surface area contributed by atoms with Crippen molar-refractivity contribution in [3.63, 3.8) is 0 Å². The number of rotatable bonds is 6. The lowest BCUT2D eigenvalue weighted by molar-refractivity contribution is 0.305. The fraction of sp³-hybridized carbons (Fsp3) is 0.500. The van der Waals surface area contributed by atoms with Crippen LogP contribution in [0.2, 0.25) is 0 Å². The van der Waals surface area contributed by atoms with E-state index < -0.39 is 10.0 Å². The molecule has 1 aliphatic rings. The Kier molecular flexibility index (Phi) is 5.40. The number of benzene rings is 1. The normalized spacial score (nSPS) is 16.1. The molecule has 4 nitrogen and oxygen atoms in total. The maximum absolute atomic E-state index is 12.0. The molecule has 0 saturated heterocycles. The van der Waals surface area contributed by atoms with Crippen molar-refractivity contribution in [3.05, 3.63) is 35.4 Å². The van der Waals surface area contributed by atoms with Crippen LogP contribution in [0, 0.1) is 17.8 Å². The van der Waals surface area contributed by atoms with Crippen molar-refractivity contribution in [2.75, 3.05) is 12.4 Å². The molecule has 1 atom stereocenters. The first-order valence-corrected chi connectivity index (χ1v) is 8.85. The van der Waals surface area contributed by atoms with Gasteiger partial charge >= 0.3 is 0 Å². The molecule has 1 saturated carbocycles. The minimum atomic E-state index is -3.22. The minimum absolute atomic E-state index is 0.0457. The van der Waals surface area contributed by atoms with Gasteiger partial charge in [0.05, 0.1) is 12.4 Å². The second-order valence-corrected chi connectivity index (χ2v) is 7.26. The summed E-state index contributed by atoms with van der Waals surface area (Å²) in [5, 5.41) is 8.71. The molecule has 0 amide bonds. The predicted molar refractivity (Wildman–Crippen MR) is 83.1 cm³/mol. The molecule has 1 aromatic carbocycles. The van der Waals surface area contributed by atoms with Gasteiger partial charge in [-0.25, -0.2) is 13.1 Å². The van der Waals surface area contributed by atoms with Crippen LogP contribution >= 0.6 is 0 Å². The van der Waals surface area contributed by atoms with Gasteiger partial charge in [0.25, 0.3) is 0 Å². The van der Waals surface area contributed by atoms with Gasteiger partial charge in [0.2, 0.25) is 10.0 Å². The summed E-state index contributed by atoms with van der Waals surface area (Å²) in [5.74, 6) is 6.39. The van der Waals surface area contributed by atoms with E-state index in [2.05, 4.69) is 16.6 Å². The lowest BCUT2D eigenvalue weighted by Gasteiger charge is -2.14. The lowest BCUT2D eigenvalue weighted by atomic mass is 10.1. The van der Waals surface area contributed by atoms with Crippen LogP contribution in [0.5, 0.6) is 0 Å². The van der Waals surface area contributed by atoms with Gasteiger partial charge in [-0.2, -0.15) is 0 Å². The van der Waals surface area contributed by atoms with Gasteiger partial charge in [0, 0.05) is 18.0 Å². The molecule has 1 fully saturated rings. The van der Waals surface area contributed by atoms with Gasteiger partial charge in [-0.3, -0.25) is 0 Å². The highest BCUT2D eigenvalue weighted by atomic mass is 32.2. The van der Waals surface area contributed by atoms with E-state index in [1.54, 1.807) is 0 Å². The summed E-state index contributed by atoms with van der Waals surface area (Å²) >= 11 is 0. The lowest BCUT2D eigenvalue weighted by Crippen LogP contribution is -2.29. The average molecular weight is 307 g/mol. The Labute approximate surface area is 126 Å². The molecule has 114 valence electrons. The third kappa shape index (κ3) is 5.50. The van der Waals surface area contributed by atoms with Crippen molar-refractivity contribution in [3.8, 4) is 11.8 Å². The average Bonchev–Trinajstić information content (AvgIpc) is 3.22. The molecular formula is C16H21NO3S. The Morgan fingerprint density at radius 2 is 2.19 bits per heavy atom. The van der Waals surface area contributed by atoms with Crippen LogP contribution in [0.4, 0.5) is 0 Å². The monoisotopic (exact) mass is 307 g/mol. The Hall–Kier alpha value is -1.35. The molecule has 1 aromatic rings. The number of nitrogens with one attached hydrogen (secondary N) is 1. The summed E-state index contributed by atoms with van der Waals surface area (Å²) in [6.07, 6.45) is 2.48. The number of aliphatic hydroxyl groups is 1. The van der Waals surface area contributed by atoms with Crippen LogP contribution in [-0.2, 0) is 10.0 Å². The third-order valence-electron chi connectivity index (χ3n) is 3.36. The minimum Gasteiger partial charge on any atom is -0.395 e. The maximum Gasteiger partial charge on any atom is 0.212 e. The first-order valence-electron chi connectivity index (χ1n) is 7.20. The molecule has 0 spiro atoms. The zero-order valence-corrected chi connectivity index (χ0v) is 13.0. The molecule has 2 rings (SSSR count). The SMILES string of the molecule is CC(NS(=O)(=O)CC1CC1)c1cccc(C#CCCO)c1. The number of sulfonamides is 1. The van der Waals surface area contributed by atoms with Crippen LogP contribution < -0.4 is 4.72 Å². The highest BCUT2D eigenvalue weighted by Gasteiger charge is 2.28. The van der Waals surface area contributed by atoms with Crippen molar-refractivity contribution in [1.82, 2.24) is 4.72 Å². The van der Waals surface area contributed by atoms with Crippen LogP contribution in [0.3, 0.4) is 0 Å². The van der Waals surface area contributed by atoms with E-state index in [9.17, 15) is 8.42 Å². The Bertz CT molecular complexity index is 639. The molecule has 1 aliphatic carbocycles. The molecule has 0 aliphatic heterocycles. The fourth-order valence-electron chi connectivity index (χ4n) is 2.09. The summed E-state index contributed by atoms with van der Waals surface area (Å²) in [6, 6.07) is 7.24. The number of hydrogen-bond donors (Lipinski definition) is 2. The summed E-state index contributed by atoms with van der Waals surface area (Å²) in [4.78, 5) is 0. The largest absolute Gasteiger partial charge is 0.395 e. The van der Waals surface area contributed by atoms with Crippen molar-refractivity contribution in [1.29, 1.82) is 0 Å². The highest BCUT2D eigenvalue weighted by Crippen LogP contribution is 2.30. The van der Waals surface area contributed by atoms with Gasteiger partial charge in [-0.05, 0) is 43.4 Å². The molecule has 5 heteroatoms. The topological polar surface area (TPSA) is 66.4 Å². The molecular weight excluding hydrogens is 286 g/mol. The van der Waals surface area contributed by atoms with Crippen LogP contribution in [0.25, 0.3) is 0 Å². The van der Waals surface area contributed by atoms with Gasteiger partial charge in [0.1, 0.15) is 0 Å². The number of hydrogen-bond acceptors (Lipinski definition) is 3. The molecule has 1 unspecified atom stereocenters. The van der Waals surface area contributed by atoms with Gasteiger partial charge < -0.3 is 5.11 Å². The molecule has 0 bridgehead atoms. The summed E-state index contributed by atoms with van der Waals surface area (Å²) in [5.41, 5.74) is 1.72. The van der Waals surface area contributed by atoms with E-state index in [0.717, 1.165) is 24.0 Å². The zero-order valence-electron chi connectivity index (χ0n) is 12.2. The smallest absolute Gasteiger partial charge is 0.212 e. The molecule has 0 aromatic heterocycles. The fourth-order valence-corrected chi connectivity index (χ4v) is 3.81. The van der Waals surface area contributed by atoms with Gasteiger partial charge in [-0.15, -0.1) is 0 Å². The van der Waals surface area contributed by atoms with Crippen LogP contribution in [-0.4, -0.2) is 25.9 Å². The predicted octanol–water partition coefficient (Wildman–Crippen LogP) is 1.81.